The molecule has 2 aliphatic rings. The van der Waals surface area contributed by atoms with Gasteiger partial charge in [-0.3, -0.25) is 0 Å². The van der Waals surface area contributed by atoms with Crippen LogP contribution in [0.5, 0.6) is 0 Å². The molecule has 0 aromatic carbocycles. The van der Waals surface area contributed by atoms with Gasteiger partial charge in [-0.15, -0.1) is 0 Å². The number of rotatable bonds is 5. The van der Waals surface area contributed by atoms with Crippen molar-refractivity contribution in [3.05, 3.63) is 0 Å². The molecule has 0 radical (unpaired) electrons. The summed E-state index contributed by atoms with van der Waals surface area (Å²) in [5.74, 6) is 0.939. The number of nitrogens with one attached hydrogen (secondary N) is 1. The van der Waals surface area contributed by atoms with Gasteiger partial charge >= 0.3 is 0 Å². The summed E-state index contributed by atoms with van der Waals surface area (Å²) in [4.78, 5) is 0. The average Bonchev–Trinajstić information content (AvgIpc) is 2.88. The summed E-state index contributed by atoms with van der Waals surface area (Å²) < 4.78 is 22.4. The second-order valence-corrected chi connectivity index (χ2v) is 6.94. The van der Waals surface area contributed by atoms with E-state index in [-0.39, 0.29) is 17.5 Å². The lowest BCUT2D eigenvalue weighted by Gasteiger charge is -2.14. The van der Waals surface area contributed by atoms with Gasteiger partial charge < -0.3 is 10.4 Å². The van der Waals surface area contributed by atoms with Crippen molar-refractivity contribution in [3.63, 3.8) is 0 Å². The maximum Gasteiger partial charge on any atom is 0.154 e. The summed E-state index contributed by atoms with van der Waals surface area (Å²) in [5, 5.41) is 12.6. The first kappa shape index (κ1) is 11.4. The van der Waals surface area contributed by atoms with Crippen molar-refractivity contribution < 1.29 is 13.5 Å². The summed E-state index contributed by atoms with van der Waals surface area (Å²) >= 11 is 0. The fourth-order valence-corrected chi connectivity index (χ4v) is 3.88. The Kier molecular flexibility index (Phi) is 3.33. The zero-order chi connectivity index (χ0) is 10.9. The van der Waals surface area contributed by atoms with Crippen LogP contribution in [0.3, 0.4) is 0 Å². The van der Waals surface area contributed by atoms with Crippen LogP contribution in [0.1, 0.15) is 25.7 Å². The van der Waals surface area contributed by atoms with Crippen molar-refractivity contribution in [2.75, 3.05) is 18.1 Å². The molecule has 0 spiro atoms. The van der Waals surface area contributed by atoms with Gasteiger partial charge in [0.15, 0.2) is 9.84 Å². The van der Waals surface area contributed by atoms with Crippen molar-refractivity contribution in [2.24, 2.45) is 5.92 Å². The van der Waals surface area contributed by atoms with Crippen LogP contribution in [0.2, 0.25) is 0 Å². The highest BCUT2D eigenvalue weighted by Crippen LogP contribution is 2.33. The molecule has 0 aromatic rings. The van der Waals surface area contributed by atoms with Crippen molar-refractivity contribution in [3.8, 4) is 0 Å². The topological polar surface area (TPSA) is 66.4 Å². The molecule has 2 atom stereocenters. The van der Waals surface area contributed by atoms with Crippen LogP contribution >= 0.6 is 0 Å². The van der Waals surface area contributed by atoms with Gasteiger partial charge in [-0.25, -0.2) is 8.42 Å². The standard InChI is InChI=1S/C10H19NO3S/c12-10-7-15(13,14)6-9(10)11-5-1-2-8-3-4-8/h8-12H,1-7H2. The van der Waals surface area contributed by atoms with Gasteiger partial charge in [-0.05, 0) is 25.3 Å². The zero-order valence-corrected chi connectivity index (χ0v) is 9.67. The summed E-state index contributed by atoms with van der Waals surface area (Å²) in [5.41, 5.74) is 0. The molecular formula is C10H19NO3S. The molecule has 1 saturated heterocycles. The van der Waals surface area contributed by atoms with E-state index in [1.165, 1.54) is 19.3 Å². The molecular weight excluding hydrogens is 214 g/mol. The Morgan fingerprint density at radius 2 is 2.00 bits per heavy atom. The second-order valence-electron chi connectivity index (χ2n) is 4.79. The molecule has 5 heteroatoms. The largest absolute Gasteiger partial charge is 0.390 e. The van der Waals surface area contributed by atoms with E-state index in [9.17, 15) is 13.5 Å². The van der Waals surface area contributed by atoms with Crippen LogP contribution in [0, 0.1) is 5.92 Å². The maximum absolute atomic E-state index is 11.2. The lowest BCUT2D eigenvalue weighted by molar-refractivity contribution is 0.166. The van der Waals surface area contributed by atoms with Crippen LogP contribution < -0.4 is 5.32 Å². The summed E-state index contributed by atoms with van der Waals surface area (Å²) in [6.07, 6.45) is 4.34. The first-order chi connectivity index (χ1) is 7.07. The van der Waals surface area contributed by atoms with E-state index in [1.807, 2.05) is 0 Å². The molecule has 1 aliphatic carbocycles. The van der Waals surface area contributed by atoms with E-state index < -0.39 is 15.9 Å². The zero-order valence-electron chi connectivity index (χ0n) is 8.85. The van der Waals surface area contributed by atoms with Crippen LogP contribution in [0.15, 0.2) is 0 Å². The van der Waals surface area contributed by atoms with Crippen molar-refractivity contribution in [2.45, 2.75) is 37.8 Å². The van der Waals surface area contributed by atoms with Crippen molar-refractivity contribution in [1.29, 1.82) is 0 Å². The van der Waals surface area contributed by atoms with E-state index in [0.29, 0.717) is 0 Å². The average molecular weight is 233 g/mol. The highest BCUT2D eigenvalue weighted by molar-refractivity contribution is 7.91. The molecule has 1 aliphatic heterocycles. The fourth-order valence-electron chi connectivity index (χ4n) is 2.11. The smallest absolute Gasteiger partial charge is 0.154 e. The highest BCUT2D eigenvalue weighted by atomic mass is 32.2. The van der Waals surface area contributed by atoms with Crippen LogP contribution in [0.25, 0.3) is 0 Å². The SMILES string of the molecule is O=S1(=O)CC(O)C(NCCCC2CC2)C1. The van der Waals surface area contributed by atoms with Gasteiger partial charge in [0.05, 0.1) is 17.6 Å². The Balaban J connectivity index is 1.65. The van der Waals surface area contributed by atoms with Gasteiger partial charge in [-0.1, -0.05) is 12.8 Å². The third-order valence-electron chi connectivity index (χ3n) is 3.22. The van der Waals surface area contributed by atoms with Gasteiger partial charge in [0.25, 0.3) is 0 Å². The molecule has 15 heavy (non-hydrogen) atoms. The second kappa shape index (κ2) is 4.39. The molecule has 0 amide bonds. The van der Waals surface area contributed by atoms with Gasteiger partial charge in [0.2, 0.25) is 0 Å². The number of aliphatic hydroxyl groups excluding tert-OH is 1. The summed E-state index contributed by atoms with van der Waals surface area (Å²) in [6.45, 7) is 0.827. The first-order valence-electron chi connectivity index (χ1n) is 5.69. The molecule has 88 valence electrons. The minimum atomic E-state index is -3.00. The molecule has 1 heterocycles. The molecule has 0 bridgehead atoms. The third-order valence-corrected chi connectivity index (χ3v) is 4.93. The Morgan fingerprint density at radius 3 is 2.53 bits per heavy atom. The summed E-state index contributed by atoms with van der Waals surface area (Å²) in [7, 11) is -3.00. The quantitative estimate of drug-likeness (QED) is 0.652. The van der Waals surface area contributed by atoms with E-state index in [0.717, 1.165) is 18.9 Å². The molecule has 4 nitrogen and oxygen atoms in total. The minimum Gasteiger partial charge on any atom is -0.390 e. The maximum atomic E-state index is 11.2. The van der Waals surface area contributed by atoms with Crippen molar-refractivity contribution in [1.82, 2.24) is 5.32 Å². The summed E-state index contributed by atoms with van der Waals surface area (Å²) in [6, 6.07) is -0.241. The molecule has 1 saturated carbocycles. The van der Waals surface area contributed by atoms with E-state index in [1.54, 1.807) is 0 Å². The molecule has 2 rings (SSSR count). The number of aliphatic hydroxyl groups is 1. The fraction of sp³-hybridized carbons (Fsp3) is 1.00. The monoisotopic (exact) mass is 233 g/mol. The number of hydrogen-bond donors (Lipinski definition) is 2. The van der Waals surface area contributed by atoms with Gasteiger partial charge in [0.1, 0.15) is 0 Å². The minimum absolute atomic E-state index is 0.0761. The van der Waals surface area contributed by atoms with E-state index in [4.69, 9.17) is 0 Å². The Labute approximate surface area is 91.0 Å². The lowest BCUT2D eigenvalue weighted by atomic mass is 10.2. The molecule has 0 aromatic heterocycles. The normalized spacial score (nSPS) is 34.5. The van der Waals surface area contributed by atoms with E-state index >= 15 is 0 Å². The Bertz CT molecular complexity index is 311. The van der Waals surface area contributed by atoms with Crippen LogP contribution in [0.4, 0.5) is 0 Å². The van der Waals surface area contributed by atoms with E-state index in [2.05, 4.69) is 5.32 Å². The molecule has 2 unspecified atom stereocenters. The first-order valence-corrected chi connectivity index (χ1v) is 7.51. The Morgan fingerprint density at radius 1 is 1.27 bits per heavy atom. The van der Waals surface area contributed by atoms with Gasteiger partial charge in [0, 0.05) is 6.04 Å². The van der Waals surface area contributed by atoms with Crippen molar-refractivity contribution >= 4 is 9.84 Å². The predicted octanol–water partition coefficient (Wildman–Crippen LogP) is -0.0759. The number of sulfone groups is 1. The third kappa shape index (κ3) is 3.43. The Hall–Kier alpha value is -0.130. The van der Waals surface area contributed by atoms with Crippen LogP contribution in [-0.4, -0.2) is 43.7 Å². The van der Waals surface area contributed by atoms with Crippen LogP contribution in [-0.2, 0) is 9.84 Å². The lowest BCUT2D eigenvalue weighted by Crippen LogP contribution is -2.39. The highest BCUT2D eigenvalue weighted by Gasteiger charge is 2.35. The molecule has 2 fully saturated rings. The predicted molar refractivity (Wildman–Crippen MR) is 58.4 cm³/mol. The molecule has 2 N–H and O–H groups in total. The number of hydrogen-bond acceptors (Lipinski definition) is 4. The van der Waals surface area contributed by atoms with Gasteiger partial charge in [-0.2, -0.15) is 0 Å².